The predicted molar refractivity (Wildman–Crippen MR) is 73.9 cm³/mol. The lowest BCUT2D eigenvalue weighted by molar-refractivity contribution is -0.122. The van der Waals surface area contributed by atoms with Gasteiger partial charge in [0.25, 0.3) is 0 Å². The number of fused-ring (bicyclic) bond motifs is 1. The fourth-order valence-corrected chi connectivity index (χ4v) is 2.20. The summed E-state index contributed by atoms with van der Waals surface area (Å²) in [5.41, 5.74) is 5.29. The molecule has 0 bridgehead atoms. The smallest absolute Gasteiger partial charge is 0.243 e. The molecule has 0 radical (unpaired) electrons. The van der Waals surface area contributed by atoms with Crippen molar-refractivity contribution in [2.45, 2.75) is 18.8 Å². The maximum atomic E-state index is 14.0. The van der Waals surface area contributed by atoms with Gasteiger partial charge in [-0.15, -0.1) is 11.6 Å². The quantitative estimate of drug-likeness (QED) is 0.655. The number of rotatable bonds is 6. The highest BCUT2D eigenvalue weighted by Gasteiger charge is 2.19. The summed E-state index contributed by atoms with van der Waals surface area (Å²) in [7, 11) is 0. The van der Waals surface area contributed by atoms with Crippen LogP contribution in [-0.4, -0.2) is 28.7 Å². The highest BCUT2D eigenvalue weighted by atomic mass is 35.5. The van der Waals surface area contributed by atoms with Crippen LogP contribution < -0.4 is 5.73 Å². The van der Waals surface area contributed by atoms with Crippen LogP contribution in [0.3, 0.4) is 0 Å². The van der Waals surface area contributed by atoms with Gasteiger partial charge in [0.2, 0.25) is 5.91 Å². The number of nitrogens with zero attached hydrogens (tertiary/aromatic N) is 2. The molecule has 0 saturated carbocycles. The Kier molecular flexibility index (Phi) is 4.74. The van der Waals surface area contributed by atoms with Crippen LogP contribution in [0.15, 0.2) is 12.1 Å². The molecular formula is C13H14ClF2N3O2. The van der Waals surface area contributed by atoms with Crippen molar-refractivity contribution in [1.29, 1.82) is 0 Å². The minimum atomic E-state index is -0.988. The van der Waals surface area contributed by atoms with E-state index in [1.54, 1.807) is 6.92 Å². The lowest BCUT2D eigenvalue weighted by Gasteiger charge is -2.11. The van der Waals surface area contributed by atoms with Gasteiger partial charge in [-0.2, -0.15) is 0 Å². The Morgan fingerprint density at radius 1 is 1.52 bits per heavy atom. The second-order valence-corrected chi connectivity index (χ2v) is 5.14. The number of benzene rings is 1. The fourth-order valence-electron chi connectivity index (χ4n) is 2.03. The molecule has 0 fully saturated rings. The molecule has 21 heavy (non-hydrogen) atoms. The fraction of sp³-hybridized carbons (Fsp3) is 0.385. The van der Waals surface area contributed by atoms with Gasteiger partial charge < -0.3 is 15.0 Å². The molecular weight excluding hydrogens is 304 g/mol. The van der Waals surface area contributed by atoms with Gasteiger partial charge in [0.05, 0.1) is 17.5 Å². The van der Waals surface area contributed by atoms with Crippen LogP contribution >= 0.6 is 11.6 Å². The van der Waals surface area contributed by atoms with E-state index in [-0.39, 0.29) is 25.3 Å². The van der Waals surface area contributed by atoms with Crippen LogP contribution in [0.5, 0.6) is 0 Å². The van der Waals surface area contributed by atoms with Gasteiger partial charge >= 0.3 is 0 Å². The molecule has 2 aromatic rings. The zero-order valence-corrected chi connectivity index (χ0v) is 12.0. The zero-order chi connectivity index (χ0) is 15.6. The second-order valence-electron chi connectivity index (χ2n) is 4.49. The molecule has 1 aromatic carbocycles. The van der Waals surface area contributed by atoms with E-state index in [0.29, 0.717) is 11.3 Å². The number of aromatic nitrogens is 2. The summed E-state index contributed by atoms with van der Waals surface area (Å²) < 4.78 is 33.9. The Morgan fingerprint density at radius 2 is 2.24 bits per heavy atom. The molecule has 8 heteroatoms. The molecule has 1 amide bonds. The lowest BCUT2D eigenvalue weighted by atomic mass is 10.3. The Bertz CT molecular complexity index is 673. The van der Waals surface area contributed by atoms with E-state index in [4.69, 9.17) is 22.1 Å². The molecule has 0 aliphatic carbocycles. The number of hydrogen-bond donors (Lipinski definition) is 1. The molecule has 0 aliphatic heterocycles. The minimum absolute atomic E-state index is 0.0279. The topological polar surface area (TPSA) is 70.1 Å². The largest absolute Gasteiger partial charge is 0.370 e. The number of amides is 1. The van der Waals surface area contributed by atoms with Crippen LogP contribution in [0.2, 0.25) is 0 Å². The number of hydrogen-bond acceptors (Lipinski definition) is 3. The van der Waals surface area contributed by atoms with Gasteiger partial charge in [-0.05, 0) is 19.1 Å². The highest BCUT2D eigenvalue weighted by molar-refractivity contribution is 6.20. The highest BCUT2D eigenvalue weighted by Crippen LogP contribution is 2.27. The van der Waals surface area contributed by atoms with Crippen LogP contribution in [-0.2, 0) is 16.1 Å². The first-order valence-corrected chi connectivity index (χ1v) is 6.69. The Hall–Kier alpha value is -1.73. The van der Waals surface area contributed by atoms with E-state index in [0.717, 1.165) is 6.07 Å². The van der Waals surface area contributed by atoms with Gasteiger partial charge in [-0.25, -0.2) is 13.8 Å². The third-order valence-electron chi connectivity index (χ3n) is 2.89. The van der Waals surface area contributed by atoms with E-state index in [9.17, 15) is 13.6 Å². The van der Waals surface area contributed by atoms with Crippen LogP contribution in [0.1, 0.15) is 18.1 Å². The van der Waals surface area contributed by atoms with Gasteiger partial charge in [0, 0.05) is 6.54 Å². The van der Waals surface area contributed by atoms with Gasteiger partial charge in [0.1, 0.15) is 17.9 Å². The summed E-state index contributed by atoms with van der Waals surface area (Å²) >= 11 is 6.02. The van der Waals surface area contributed by atoms with E-state index in [2.05, 4.69) is 4.98 Å². The molecule has 1 unspecified atom stereocenters. The lowest BCUT2D eigenvalue weighted by Crippen LogP contribution is -2.20. The number of imidazole rings is 1. The van der Waals surface area contributed by atoms with E-state index in [1.807, 2.05) is 0 Å². The molecule has 1 heterocycles. The van der Waals surface area contributed by atoms with Crippen LogP contribution in [0.25, 0.3) is 11.0 Å². The number of halogens is 3. The predicted octanol–water partition coefficient (Wildman–Crippen LogP) is 2.12. The Labute approximate surface area is 124 Å². The summed E-state index contributed by atoms with van der Waals surface area (Å²) in [4.78, 5) is 14.8. The summed E-state index contributed by atoms with van der Waals surface area (Å²) in [6, 6.07) is 2.40. The van der Waals surface area contributed by atoms with Crippen LogP contribution in [0.4, 0.5) is 8.78 Å². The number of ether oxygens (including phenoxy) is 1. The van der Waals surface area contributed by atoms with E-state index < -0.39 is 22.9 Å². The summed E-state index contributed by atoms with van der Waals surface area (Å²) in [6.45, 7) is 1.71. The van der Waals surface area contributed by atoms with Crippen molar-refractivity contribution in [2.75, 3.05) is 13.2 Å². The number of primary amides is 1. The normalized spacial score (nSPS) is 12.8. The van der Waals surface area contributed by atoms with Gasteiger partial charge in [0.15, 0.2) is 11.6 Å². The molecule has 5 nitrogen and oxygen atoms in total. The van der Waals surface area contributed by atoms with Crippen LogP contribution in [0, 0.1) is 11.6 Å². The van der Waals surface area contributed by atoms with E-state index >= 15 is 0 Å². The molecule has 1 aromatic heterocycles. The first kappa shape index (κ1) is 15.7. The summed E-state index contributed by atoms with van der Waals surface area (Å²) in [5.74, 6) is -2.15. The average Bonchev–Trinajstić information content (AvgIpc) is 2.78. The Morgan fingerprint density at radius 3 is 2.86 bits per heavy atom. The molecule has 1 atom stereocenters. The minimum Gasteiger partial charge on any atom is -0.370 e. The zero-order valence-electron chi connectivity index (χ0n) is 11.3. The average molecular weight is 318 g/mol. The third kappa shape index (κ3) is 3.30. The summed E-state index contributed by atoms with van der Waals surface area (Å²) in [6.07, 6.45) is 0. The monoisotopic (exact) mass is 317 g/mol. The van der Waals surface area contributed by atoms with Crippen molar-refractivity contribution in [3.8, 4) is 0 Å². The number of carbonyl (C=O) groups is 1. The standard InChI is InChI=1S/C13H14ClF2N3O2/c1-7(14)13-18-9-3-2-8(15)11(16)12(9)19(13)4-5-21-6-10(17)20/h2-3,7H,4-6H2,1H3,(H2,17,20). The SMILES string of the molecule is CC(Cl)c1nc2ccc(F)c(F)c2n1CCOCC(N)=O. The Balaban J connectivity index is 2.36. The van der Waals surface area contributed by atoms with Crippen molar-refractivity contribution < 1.29 is 18.3 Å². The van der Waals surface area contributed by atoms with Crippen molar-refractivity contribution >= 4 is 28.5 Å². The maximum absolute atomic E-state index is 14.0. The molecule has 2 rings (SSSR count). The number of nitrogens with two attached hydrogens (primary N) is 1. The third-order valence-corrected chi connectivity index (χ3v) is 3.08. The molecule has 0 aliphatic rings. The van der Waals surface area contributed by atoms with Gasteiger partial charge in [-0.1, -0.05) is 0 Å². The van der Waals surface area contributed by atoms with Crippen molar-refractivity contribution in [2.24, 2.45) is 5.73 Å². The second kappa shape index (κ2) is 6.36. The molecule has 0 spiro atoms. The van der Waals surface area contributed by atoms with Gasteiger partial charge in [-0.3, -0.25) is 4.79 Å². The van der Waals surface area contributed by atoms with Crippen molar-refractivity contribution in [1.82, 2.24) is 9.55 Å². The maximum Gasteiger partial charge on any atom is 0.243 e. The molecule has 114 valence electrons. The first-order valence-electron chi connectivity index (χ1n) is 6.26. The molecule has 2 N–H and O–H groups in total. The molecule has 0 saturated heterocycles. The van der Waals surface area contributed by atoms with E-state index in [1.165, 1.54) is 10.6 Å². The summed E-state index contributed by atoms with van der Waals surface area (Å²) in [5, 5.41) is -0.490. The number of carbonyl (C=O) groups excluding carboxylic acids is 1. The first-order chi connectivity index (χ1) is 9.91. The van der Waals surface area contributed by atoms with Crippen molar-refractivity contribution in [3.63, 3.8) is 0 Å². The number of alkyl halides is 1. The van der Waals surface area contributed by atoms with Crippen molar-refractivity contribution in [3.05, 3.63) is 29.6 Å².